The fourth-order valence-corrected chi connectivity index (χ4v) is 2.57. The minimum Gasteiger partial charge on any atom is -0.383 e. The third-order valence-electron chi connectivity index (χ3n) is 2.94. The van der Waals surface area contributed by atoms with Gasteiger partial charge in [0.1, 0.15) is 16.7 Å². The van der Waals surface area contributed by atoms with Crippen LogP contribution in [0, 0.1) is 0 Å². The predicted molar refractivity (Wildman–Crippen MR) is 81.8 cm³/mol. The zero-order valence-electron chi connectivity index (χ0n) is 11.1. The highest BCUT2D eigenvalue weighted by Gasteiger charge is 2.29. The van der Waals surface area contributed by atoms with Crippen LogP contribution >= 0.6 is 24.4 Å². The number of hydrogen-bond donors (Lipinski definition) is 2. The van der Waals surface area contributed by atoms with Gasteiger partial charge in [0.2, 0.25) is 0 Å². The molecule has 2 rings (SSSR count). The topological polar surface area (TPSA) is 64.7 Å². The van der Waals surface area contributed by atoms with Gasteiger partial charge >= 0.3 is 0 Å². The maximum atomic E-state index is 5.91. The van der Waals surface area contributed by atoms with Crippen molar-refractivity contribution in [3.63, 3.8) is 0 Å². The normalized spacial score (nSPS) is 11.6. The molecule has 0 spiro atoms. The molecule has 0 saturated heterocycles. The van der Waals surface area contributed by atoms with E-state index >= 15 is 0 Å². The molecule has 0 aromatic carbocycles. The highest BCUT2D eigenvalue weighted by molar-refractivity contribution is 7.99. The first-order valence-electron chi connectivity index (χ1n) is 5.79. The zero-order valence-corrected chi connectivity index (χ0v) is 12.8. The number of nitrogen functional groups attached to an aromatic ring is 1. The molecule has 100 valence electrons. The van der Waals surface area contributed by atoms with Crippen LogP contribution in [-0.4, -0.2) is 21.2 Å². The van der Waals surface area contributed by atoms with Gasteiger partial charge in [0.05, 0.1) is 16.0 Å². The Morgan fingerprint density at radius 2 is 2.00 bits per heavy atom. The van der Waals surface area contributed by atoms with Crippen LogP contribution in [0.15, 0.2) is 34.3 Å². The van der Waals surface area contributed by atoms with Gasteiger partial charge in [0.15, 0.2) is 0 Å². The van der Waals surface area contributed by atoms with Crippen molar-refractivity contribution in [3.05, 3.63) is 35.9 Å². The van der Waals surface area contributed by atoms with E-state index in [9.17, 15) is 0 Å². The summed E-state index contributed by atoms with van der Waals surface area (Å²) in [4.78, 5) is 13.9. The summed E-state index contributed by atoms with van der Waals surface area (Å²) in [5.41, 5.74) is 6.42. The van der Waals surface area contributed by atoms with Gasteiger partial charge < -0.3 is 5.73 Å². The van der Waals surface area contributed by atoms with Gasteiger partial charge in [-0.15, -0.1) is 24.4 Å². The summed E-state index contributed by atoms with van der Waals surface area (Å²) in [5, 5.41) is 0.787. The average molecular weight is 292 g/mol. The molecule has 0 atom stereocenters. The van der Waals surface area contributed by atoms with Crippen LogP contribution in [0.1, 0.15) is 25.4 Å². The second-order valence-corrected chi connectivity index (χ2v) is 5.87. The number of thioether (sulfide) groups is 1. The largest absolute Gasteiger partial charge is 0.383 e. The Hall–Kier alpha value is -1.27. The van der Waals surface area contributed by atoms with Crippen LogP contribution in [0.2, 0.25) is 0 Å². The van der Waals surface area contributed by atoms with Crippen molar-refractivity contribution in [2.24, 2.45) is 0 Å². The number of aromatic nitrogens is 3. The molecule has 0 bridgehead atoms. The summed E-state index contributed by atoms with van der Waals surface area (Å²) < 4.78 is 0. The number of nitrogens with zero attached hydrogens (tertiary/aromatic N) is 3. The summed E-state index contributed by atoms with van der Waals surface area (Å²) in [6.07, 6.45) is 3.71. The van der Waals surface area contributed by atoms with Crippen molar-refractivity contribution in [2.45, 2.75) is 29.2 Å². The van der Waals surface area contributed by atoms with Crippen molar-refractivity contribution in [3.8, 4) is 0 Å². The average Bonchev–Trinajstić information content (AvgIpc) is 2.42. The molecular formula is C13H16N4S2. The van der Waals surface area contributed by atoms with E-state index in [1.807, 2.05) is 38.3 Å². The lowest BCUT2D eigenvalue weighted by atomic mass is 9.87. The molecule has 0 unspecified atom stereocenters. The molecule has 2 heterocycles. The number of hydrogen-bond acceptors (Lipinski definition) is 6. The molecule has 0 aliphatic rings. The first kappa shape index (κ1) is 14.1. The van der Waals surface area contributed by atoms with Crippen molar-refractivity contribution in [1.29, 1.82) is 0 Å². The number of nitrogens with two attached hydrogens (primary N) is 1. The summed E-state index contributed by atoms with van der Waals surface area (Å²) in [6, 6.07) is 5.81. The highest BCUT2D eigenvalue weighted by atomic mass is 32.2. The van der Waals surface area contributed by atoms with Gasteiger partial charge in [-0.2, -0.15) is 0 Å². The molecule has 2 aromatic heterocycles. The molecule has 0 aliphatic carbocycles. The Labute approximate surface area is 122 Å². The summed E-state index contributed by atoms with van der Waals surface area (Å²) in [5.74, 6) is 1.06. The molecule has 19 heavy (non-hydrogen) atoms. The van der Waals surface area contributed by atoms with Crippen LogP contribution in [0.25, 0.3) is 0 Å². The number of rotatable bonds is 3. The van der Waals surface area contributed by atoms with Crippen LogP contribution in [-0.2, 0) is 5.41 Å². The van der Waals surface area contributed by atoms with E-state index < -0.39 is 5.41 Å². The molecule has 4 nitrogen and oxygen atoms in total. The SMILES string of the molecule is CSc1nc(C(C)(C)c2ccccn2)nc(N)c1S. The van der Waals surface area contributed by atoms with E-state index in [1.54, 1.807) is 6.20 Å². The number of pyridine rings is 1. The fourth-order valence-electron chi connectivity index (χ4n) is 1.72. The lowest BCUT2D eigenvalue weighted by Crippen LogP contribution is -2.24. The van der Waals surface area contributed by atoms with Crippen molar-refractivity contribution < 1.29 is 0 Å². The van der Waals surface area contributed by atoms with Gasteiger partial charge in [-0.3, -0.25) is 4.98 Å². The van der Waals surface area contributed by atoms with Crippen LogP contribution in [0.4, 0.5) is 5.82 Å². The Morgan fingerprint density at radius 1 is 1.26 bits per heavy atom. The minimum absolute atomic E-state index is 0.401. The lowest BCUT2D eigenvalue weighted by molar-refractivity contribution is 0.561. The van der Waals surface area contributed by atoms with Crippen LogP contribution in [0.5, 0.6) is 0 Å². The van der Waals surface area contributed by atoms with Gasteiger partial charge in [0, 0.05) is 6.20 Å². The van der Waals surface area contributed by atoms with E-state index in [0.29, 0.717) is 16.5 Å². The fraction of sp³-hybridized carbons (Fsp3) is 0.308. The number of anilines is 1. The molecule has 0 amide bonds. The summed E-state index contributed by atoms with van der Waals surface area (Å²) in [6.45, 7) is 4.07. The van der Waals surface area contributed by atoms with E-state index in [-0.39, 0.29) is 0 Å². The molecule has 0 radical (unpaired) electrons. The van der Waals surface area contributed by atoms with E-state index in [2.05, 4.69) is 27.6 Å². The molecular weight excluding hydrogens is 276 g/mol. The Kier molecular flexibility index (Phi) is 4.01. The van der Waals surface area contributed by atoms with E-state index in [1.165, 1.54) is 11.8 Å². The van der Waals surface area contributed by atoms with Gasteiger partial charge in [0.25, 0.3) is 0 Å². The van der Waals surface area contributed by atoms with Crippen LogP contribution in [0.3, 0.4) is 0 Å². The van der Waals surface area contributed by atoms with Gasteiger partial charge in [-0.25, -0.2) is 9.97 Å². The maximum Gasteiger partial charge on any atom is 0.143 e. The molecule has 6 heteroatoms. The van der Waals surface area contributed by atoms with Crippen molar-refractivity contribution in [2.75, 3.05) is 12.0 Å². The standard InChI is InChI=1S/C13H16N4S2/c1-13(2,8-6-4-5-7-15-8)12-16-10(14)9(18)11(17-12)19-3/h4-7,18H,1-3H3,(H2,14,16,17). The Morgan fingerprint density at radius 3 is 2.58 bits per heavy atom. The van der Waals surface area contributed by atoms with Gasteiger partial charge in [-0.05, 0) is 32.2 Å². The van der Waals surface area contributed by atoms with E-state index in [4.69, 9.17) is 5.73 Å². The Bertz CT molecular complexity index is 585. The second-order valence-electron chi connectivity index (χ2n) is 4.63. The first-order chi connectivity index (χ1) is 8.96. The zero-order chi connectivity index (χ0) is 14.0. The molecule has 0 saturated carbocycles. The van der Waals surface area contributed by atoms with E-state index in [0.717, 1.165) is 10.7 Å². The third-order valence-corrected chi connectivity index (χ3v) is 4.21. The predicted octanol–water partition coefficient (Wildman–Crippen LogP) is 2.79. The van der Waals surface area contributed by atoms with Crippen molar-refractivity contribution >= 4 is 30.2 Å². The maximum absolute atomic E-state index is 5.91. The molecule has 2 aromatic rings. The quantitative estimate of drug-likeness (QED) is 0.517. The summed E-state index contributed by atoms with van der Waals surface area (Å²) in [7, 11) is 0. The van der Waals surface area contributed by atoms with Gasteiger partial charge in [-0.1, -0.05) is 6.07 Å². The summed E-state index contributed by atoms with van der Waals surface area (Å²) >= 11 is 5.84. The number of thiol groups is 1. The monoisotopic (exact) mass is 292 g/mol. The second kappa shape index (κ2) is 5.38. The molecule has 0 aliphatic heterocycles. The van der Waals surface area contributed by atoms with Crippen molar-refractivity contribution in [1.82, 2.24) is 15.0 Å². The Balaban J connectivity index is 2.55. The smallest absolute Gasteiger partial charge is 0.143 e. The van der Waals surface area contributed by atoms with Crippen LogP contribution < -0.4 is 5.73 Å². The third kappa shape index (κ3) is 2.69. The first-order valence-corrected chi connectivity index (χ1v) is 7.46. The molecule has 0 fully saturated rings. The highest BCUT2D eigenvalue weighted by Crippen LogP contribution is 2.32. The molecule has 2 N–H and O–H groups in total. The lowest BCUT2D eigenvalue weighted by Gasteiger charge is -2.23. The minimum atomic E-state index is -0.401.